The van der Waals surface area contributed by atoms with Gasteiger partial charge in [-0.2, -0.15) is 0 Å². The number of carbonyl (C=O) groups is 1. The van der Waals surface area contributed by atoms with Crippen molar-refractivity contribution in [2.45, 2.75) is 25.8 Å². The van der Waals surface area contributed by atoms with Crippen LogP contribution >= 0.6 is 0 Å². The lowest BCUT2D eigenvalue weighted by molar-refractivity contribution is 0.102. The molecule has 0 radical (unpaired) electrons. The van der Waals surface area contributed by atoms with Crippen LogP contribution in [0.5, 0.6) is 11.5 Å². The highest BCUT2D eigenvalue weighted by atomic mass is 16.5. The van der Waals surface area contributed by atoms with E-state index in [0.29, 0.717) is 17.0 Å². The highest BCUT2D eigenvalue weighted by Crippen LogP contribution is 2.29. The predicted molar refractivity (Wildman–Crippen MR) is 116 cm³/mol. The average Bonchev–Trinajstić information content (AvgIpc) is 2.77. The van der Waals surface area contributed by atoms with Crippen molar-refractivity contribution in [3.05, 3.63) is 90.0 Å². The smallest absolute Gasteiger partial charge is 0.255 e. The topological polar surface area (TPSA) is 41.6 Å². The molecule has 1 fully saturated rings. The Labute approximate surface area is 172 Å². The summed E-state index contributed by atoms with van der Waals surface area (Å²) in [6.07, 6.45) is 3.90. The number of nitrogens with one attached hydrogen (secondary N) is 1. The zero-order valence-electron chi connectivity index (χ0n) is 16.5. The monoisotopic (exact) mass is 386 g/mol. The Morgan fingerprint density at radius 1 is 0.828 bits per heavy atom. The van der Waals surface area contributed by atoms with E-state index in [2.05, 4.69) is 22.3 Å². The summed E-state index contributed by atoms with van der Waals surface area (Å²) >= 11 is 0. The van der Waals surface area contributed by atoms with Gasteiger partial charge >= 0.3 is 0 Å². The van der Waals surface area contributed by atoms with E-state index in [9.17, 15) is 4.79 Å². The van der Waals surface area contributed by atoms with E-state index in [-0.39, 0.29) is 5.91 Å². The van der Waals surface area contributed by atoms with Crippen molar-refractivity contribution in [1.82, 2.24) is 4.90 Å². The summed E-state index contributed by atoms with van der Waals surface area (Å²) in [4.78, 5) is 15.2. The first-order valence-corrected chi connectivity index (χ1v) is 10.2. The largest absolute Gasteiger partial charge is 0.455 e. The van der Waals surface area contributed by atoms with Gasteiger partial charge in [-0.1, -0.05) is 48.9 Å². The maximum atomic E-state index is 12.7. The first-order chi connectivity index (χ1) is 14.3. The third-order valence-corrected chi connectivity index (χ3v) is 5.18. The fraction of sp³-hybridized carbons (Fsp3) is 0.240. The normalized spacial score (nSPS) is 14.3. The Kier molecular flexibility index (Phi) is 6.22. The number of amides is 1. The second kappa shape index (κ2) is 9.39. The number of benzene rings is 3. The number of rotatable bonds is 6. The van der Waals surface area contributed by atoms with Crippen molar-refractivity contribution in [2.75, 3.05) is 18.4 Å². The van der Waals surface area contributed by atoms with E-state index in [0.717, 1.165) is 12.3 Å². The summed E-state index contributed by atoms with van der Waals surface area (Å²) < 4.78 is 5.93. The number of likely N-dealkylation sites (tertiary alicyclic amines) is 1. The Morgan fingerprint density at radius 3 is 2.28 bits per heavy atom. The second-order valence-electron chi connectivity index (χ2n) is 7.40. The van der Waals surface area contributed by atoms with Crippen molar-refractivity contribution in [2.24, 2.45) is 0 Å². The maximum Gasteiger partial charge on any atom is 0.255 e. The van der Waals surface area contributed by atoms with Gasteiger partial charge in [-0.05, 0) is 67.9 Å². The fourth-order valence-corrected chi connectivity index (χ4v) is 3.61. The highest BCUT2D eigenvalue weighted by Gasteiger charge is 2.13. The molecule has 0 saturated carbocycles. The Hall–Kier alpha value is -3.11. The molecular formula is C25H26N2O2. The van der Waals surface area contributed by atoms with Crippen LogP contribution in [0.4, 0.5) is 5.69 Å². The molecule has 1 saturated heterocycles. The Balaban J connectivity index is 1.41. The highest BCUT2D eigenvalue weighted by molar-refractivity contribution is 6.05. The standard InChI is InChI=1S/C25H26N2O2/c28-25(21-15-13-20(14-16-21)19-27-17-7-2-8-18-27)26-23-11-5-6-12-24(23)29-22-9-3-1-4-10-22/h1,3-6,9-16H,2,7-8,17-19H2,(H,26,28). The van der Waals surface area contributed by atoms with Crippen molar-refractivity contribution < 1.29 is 9.53 Å². The number of carbonyl (C=O) groups excluding carboxylic acids is 1. The minimum Gasteiger partial charge on any atom is -0.455 e. The summed E-state index contributed by atoms with van der Waals surface area (Å²) in [5.74, 6) is 1.21. The molecule has 0 atom stereocenters. The van der Waals surface area contributed by atoms with Gasteiger partial charge in [0, 0.05) is 12.1 Å². The quantitative estimate of drug-likeness (QED) is 0.589. The van der Waals surface area contributed by atoms with Gasteiger partial charge in [0.2, 0.25) is 0 Å². The molecule has 29 heavy (non-hydrogen) atoms. The molecule has 1 aliphatic rings. The van der Waals surface area contributed by atoms with Crippen LogP contribution in [0.2, 0.25) is 0 Å². The minimum atomic E-state index is -0.140. The molecule has 4 nitrogen and oxygen atoms in total. The molecule has 148 valence electrons. The van der Waals surface area contributed by atoms with Gasteiger partial charge in [-0.25, -0.2) is 0 Å². The number of piperidine rings is 1. The molecule has 4 heteroatoms. The zero-order chi connectivity index (χ0) is 19.9. The lowest BCUT2D eigenvalue weighted by Crippen LogP contribution is -2.29. The van der Waals surface area contributed by atoms with Gasteiger partial charge in [-0.3, -0.25) is 9.69 Å². The molecule has 1 heterocycles. The van der Waals surface area contributed by atoms with Crippen molar-refractivity contribution in [3.8, 4) is 11.5 Å². The number of hydrogen-bond donors (Lipinski definition) is 1. The lowest BCUT2D eigenvalue weighted by atomic mass is 10.1. The zero-order valence-corrected chi connectivity index (χ0v) is 16.5. The summed E-state index contributed by atoms with van der Waals surface area (Å²) in [6.45, 7) is 3.29. The lowest BCUT2D eigenvalue weighted by Gasteiger charge is -2.26. The molecule has 0 aromatic heterocycles. The summed E-state index contributed by atoms with van der Waals surface area (Å²) in [5, 5.41) is 2.97. The van der Waals surface area contributed by atoms with Gasteiger partial charge in [0.15, 0.2) is 5.75 Å². The second-order valence-corrected chi connectivity index (χ2v) is 7.40. The van der Waals surface area contributed by atoms with Gasteiger partial charge in [0.05, 0.1) is 5.69 Å². The number of anilines is 1. The van der Waals surface area contributed by atoms with Gasteiger partial charge in [-0.15, -0.1) is 0 Å². The Bertz CT molecular complexity index is 933. The molecule has 0 unspecified atom stereocenters. The molecule has 3 aromatic carbocycles. The third kappa shape index (κ3) is 5.24. The summed E-state index contributed by atoms with van der Waals surface area (Å²) in [6, 6.07) is 24.9. The first kappa shape index (κ1) is 19.2. The van der Waals surface area contributed by atoms with Crippen LogP contribution in [0.1, 0.15) is 35.2 Å². The third-order valence-electron chi connectivity index (χ3n) is 5.18. The SMILES string of the molecule is O=C(Nc1ccccc1Oc1ccccc1)c1ccc(CN2CCCCC2)cc1. The van der Waals surface area contributed by atoms with E-state index >= 15 is 0 Å². The molecule has 1 amide bonds. The molecule has 4 rings (SSSR count). The minimum absolute atomic E-state index is 0.140. The van der Waals surface area contributed by atoms with E-state index < -0.39 is 0 Å². The molecule has 3 aromatic rings. The van der Waals surface area contributed by atoms with E-state index in [1.165, 1.54) is 37.9 Å². The van der Waals surface area contributed by atoms with Gasteiger partial charge < -0.3 is 10.1 Å². The maximum absolute atomic E-state index is 12.7. The Morgan fingerprint density at radius 2 is 1.52 bits per heavy atom. The van der Waals surface area contributed by atoms with Crippen molar-refractivity contribution in [1.29, 1.82) is 0 Å². The van der Waals surface area contributed by atoms with Crippen LogP contribution < -0.4 is 10.1 Å². The molecule has 0 bridgehead atoms. The molecule has 0 aliphatic carbocycles. The van der Waals surface area contributed by atoms with Gasteiger partial charge in [0.1, 0.15) is 5.75 Å². The molecule has 1 N–H and O–H groups in total. The average molecular weight is 386 g/mol. The van der Waals surface area contributed by atoms with Crippen LogP contribution in [-0.4, -0.2) is 23.9 Å². The van der Waals surface area contributed by atoms with Crippen LogP contribution in [0.25, 0.3) is 0 Å². The molecule has 1 aliphatic heterocycles. The number of nitrogens with zero attached hydrogens (tertiary/aromatic N) is 1. The predicted octanol–water partition coefficient (Wildman–Crippen LogP) is 5.72. The number of ether oxygens (including phenoxy) is 1. The fourth-order valence-electron chi connectivity index (χ4n) is 3.61. The van der Waals surface area contributed by atoms with Gasteiger partial charge in [0.25, 0.3) is 5.91 Å². The van der Waals surface area contributed by atoms with Crippen LogP contribution in [-0.2, 0) is 6.54 Å². The summed E-state index contributed by atoms with van der Waals surface area (Å²) in [7, 11) is 0. The van der Waals surface area contributed by atoms with Crippen molar-refractivity contribution >= 4 is 11.6 Å². The van der Waals surface area contributed by atoms with Crippen LogP contribution in [0.15, 0.2) is 78.9 Å². The van der Waals surface area contributed by atoms with E-state index in [4.69, 9.17) is 4.74 Å². The van der Waals surface area contributed by atoms with E-state index in [1.54, 1.807) is 0 Å². The van der Waals surface area contributed by atoms with E-state index in [1.807, 2.05) is 66.7 Å². The van der Waals surface area contributed by atoms with Crippen molar-refractivity contribution in [3.63, 3.8) is 0 Å². The number of hydrogen-bond acceptors (Lipinski definition) is 3. The molecule has 0 spiro atoms. The first-order valence-electron chi connectivity index (χ1n) is 10.2. The van der Waals surface area contributed by atoms with Crippen LogP contribution in [0, 0.1) is 0 Å². The van der Waals surface area contributed by atoms with Crippen LogP contribution in [0.3, 0.4) is 0 Å². The number of para-hydroxylation sites is 3. The molecular weight excluding hydrogens is 360 g/mol. The summed E-state index contributed by atoms with van der Waals surface area (Å²) in [5.41, 5.74) is 2.54.